The molecule has 30 heavy (non-hydrogen) atoms. The van der Waals surface area contributed by atoms with Crippen LogP contribution >= 0.6 is 0 Å². The molecule has 5 heteroatoms. The van der Waals surface area contributed by atoms with Crippen LogP contribution in [0.4, 0.5) is 0 Å². The summed E-state index contributed by atoms with van der Waals surface area (Å²) >= 11 is 0. The number of para-hydroxylation sites is 1. The van der Waals surface area contributed by atoms with E-state index < -0.39 is 0 Å². The molecule has 2 heterocycles. The van der Waals surface area contributed by atoms with Crippen LogP contribution in [0, 0.1) is 0 Å². The van der Waals surface area contributed by atoms with Crippen LogP contribution in [0.3, 0.4) is 0 Å². The van der Waals surface area contributed by atoms with Crippen molar-refractivity contribution < 1.29 is 9.53 Å². The molecule has 0 aliphatic carbocycles. The van der Waals surface area contributed by atoms with Gasteiger partial charge in [0.1, 0.15) is 11.4 Å². The first kappa shape index (κ1) is 19.5. The Balaban J connectivity index is 1.53. The lowest BCUT2D eigenvalue weighted by molar-refractivity contribution is -0.115. The van der Waals surface area contributed by atoms with E-state index in [2.05, 4.69) is 10.3 Å². The number of fused-ring (bicyclic) bond motifs is 1. The van der Waals surface area contributed by atoms with Crippen molar-refractivity contribution in [2.45, 2.75) is 6.42 Å². The number of rotatable bonds is 7. The Hall–Kier alpha value is -3.86. The number of hydrogen-bond acceptors (Lipinski definition) is 3. The molecule has 0 aliphatic heterocycles. The molecule has 4 aromatic rings. The summed E-state index contributed by atoms with van der Waals surface area (Å²) in [5, 5.41) is 3.03. The van der Waals surface area contributed by atoms with Crippen molar-refractivity contribution in [3.05, 3.63) is 102 Å². The van der Waals surface area contributed by atoms with Crippen LogP contribution in [0.2, 0.25) is 0 Å². The number of carbonyl (C=O) groups is 1. The van der Waals surface area contributed by atoms with Crippen LogP contribution < -0.4 is 10.1 Å². The number of nitrogens with zero attached hydrogens (tertiary/aromatic N) is 2. The second-order valence-corrected chi connectivity index (χ2v) is 6.87. The highest BCUT2D eigenvalue weighted by molar-refractivity contribution is 6.24. The van der Waals surface area contributed by atoms with Crippen LogP contribution in [0.25, 0.3) is 17.3 Å². The third kappa shape index (κ3) is 4.41. The van der Waals surface area contributed by atoms with Crippen molar-refractivity contribution in [1.29, 1.82) is 0 Å². The lowest BCUT2D eigenvalue weighted by atomic mass is 10.0. The third-order valence-electron chi connectivity index (χ3n) is 4.85. The molecular formula is C25H23N3O2. The monoisotopic (exact) mass is 397 g/mol. The van der Waals surface area contributed by atoms with E-state index in [9.17, 15) is 4.79 Å². The number of ether oxygens (including phenoxy) is 1. The fourth-order valence-electron chi connectivity index (χ4n) is 3.35. The minimum Gasteiger partial charge on any atom is -0.496 e. The molecule has 5 nitrogen and oxygen atoms in total. The summed E-state index contributed by atoms with van der Waals surface area (Å²) in [6.07, 6.45) is 6.48. The number of imidazole rings is 1. The minimum absolute atomic E-state index is 0.129. The zero-order chi connectivity index (χ0) is 20.8. The number of benzene rings is 2. The smallest absolute Gasteiger partial charge is 0.251 e. The second kappa shape index (κ2) is 9.09. The van der Waals surface area contributed by atoms with Crippen molar-refractivity contribution in [3.8, 4) is 5.75 Å². The highest BCUT2D eigenvalue weighted by atomic mass is 16.5. The van der Waals surface area contributed by atoms with Gasteiger partial charge >= 0.3 is 0 Å². The first-order valence-corrected chi connectivity index (χ1v) is 9.85. The normalized spacial score (nSPS) is 11.4. The summed E-state index contributed by atoms with van der Waals surface area (Å²) in [6.45, 7) is 0.499. The number of carbonyl (C=O) groups excluding carboxylic acids is 1. The van der Waals surface area contributed by atoms with E-state index in [0.717, 1.165) is 28.2 Å². The maximum atomic E-state index is 13.1. The SMILES string of the molecule is COc1ccccc1/C=C(/C(=O)NCCc1cn2ccccc2n1)c1ccccc1. The average molecular weight is 397 g/mol. The molecule has 0 saturated carbocycles. The number of methoxy groups -OCH3 is 1. The summed E-state index contributed by atoms with van der Waals surface area (Å²) in [5.41, 5.74) is 4.15. The number of pyridine rings is 1. The van der Waals surface area contributed by atoms with E-state index in [1.807, 2.05) is 95.7 Å². The van der Waals surface area contributed by atoms with Crippen molar-refractivity contribution in [2.75, 3.05) is 13.7 Å². The van der Waals surface area contributed by atoms with E-state index in [1.165, 1.54) is 0 Å². The quantitative estimate of drug-likeness (QED) is 0.375. The Morgan fingerprint density at radius 2 is 1.80 bits per heavy atom. The summed E-state index contributed by atoms with van der Waals surface area (Å²) in [6, 6.07) is 23.2. The number of hydrogen-bond donors (Lipinski definition) is 1. The van der Waals surface area contributed by atoms with Gasteiger partial charge in [-0.05, 0) is 29.8 Å². The van der Waals surface area contributed by atoms with Gasteiger partial charge in [0, 0.05) is 36.5 Å². The Morgan fingerprint density at radius 3 is 2.60 bits per heavy atom. The Kier molecular flexibility index (Phi) is 5.90. The molecule has 0 unspecified atom stereocenters. The van der Waals surface area contributed by atoms with Crippen LogP contribution in [-0.4, -0.2) is 28.9 Å². The van der Waals surface area contributed by atoms with Crippen molar-refractivity contribution in [3.63, 3.8) is 0 Å². The lowest BCUT2D eigenvalue weighted by Gasteiger charge is -2.11. The summed E-state index contributed by atoms with van der Waals surface area (Å²) < 4.78 is 7.42. The van der Waals surface area contributed by atoms with Gasteiger partial charge in [-0.2, -0.15) is 0 Å². The molecule has 150 valence electrons. The molecule has 2 aromatic heterocycles. The molecule has 0 spiro atoms. The summed E-state index contributed by atoms with van der Waals surface area (Å²) in [7, 11) is 1.63. The van der Waals surface area contributed by atoms with Gasteiger partial charge in [-0.3, -0.25) is 4.79 Å². The summed E-state index contributed by atoms with van der Waals surface area (Å²) in [4.78, 5) is 17.6. The van der Waals surface area contributed by atoms with Gasteiger partial charge in [0.2, 0.25) is 0 Å². The van der Waals surface area contributed by atoms with Gasteiger partial charge in [-0.15, -0.1) is 0 Å². The van der Waals surface area contributed by atoms with Gasteiger partial charge in [-0.25, -0.2) is 4.98 Å². The Labute approximate surface area is 175 Å². The van der Waals surface area contributed by atoms with E-state index in [1.54, 1.807) is 7.11 Å². The number of aromatic nitrogens is 2. The zero-order valence-electron chi connectivity index (χ0n) is 16.8. The van der Waals surface area contributed by atoms with E-state index in [-0.39, 0.29) is 5.91 Å². The van der Waals surface area contributed by atoms with Crippen LogP contribution in [0.5, 0.6) is 5.75 Å². The maximum Gasteiger partial charge on any atom is 0.251 e. The average Bonchev–Trinajstić information content (AvgIpc) is 3.21. The fraction of sp³-hybridized carbons (Fsp3) is 0.120. The molecule has 4 rings (SSSR count). The van der Waals surface area contributed by atoms with Gasteiger partial charge < -0.3 is 14.5 Å². The molecule has 1 amide bonds. The van der Waals surface area contributed by atoms with Crippen molar-refractivity contribution in [1.82, 2.24) is 14.7 Å². The third-order valence-corrected chi connectivity index (χ3v) is 4.85. The fourth-order valence-corrected chi connectivity index (χ4v) is 3.35. The first-order valence-electron chi connectivity index (χ1n) is 9.85. The van der Waals surface area contributed by atoms with Crippen LogP contribution in [0.1, 0.15) is 16.8 Å². The topological polar surface area (TPSA) is 55.6 Å². The van der Waals surface area contributed by atoms with E-state index >= 15 is 0 Å². The maximum absolute atomic E-state index is 13.1. The molecular weight excluding hydrogens is 374 g/mol. The zero-order valence-corrected chi connectivity index (χ0v) is 16.8. The molecule has 0 atom stereocenters. The first-order chi connectivity index (χ1) is 14.7. The van der Waals surface area contributed by atoms with Crippen molar-refractivity contribution >= 4 is 23.2 Å². The largest absolute Gasteiger partial charge is 0.496 e. The van der Waals surface area contributed by atoms with Crippen molar-refractivity contribution in [2.24, 2.45) is 0 Å². The van der Waals surface area contributed by atoms with Crippen LogP contribution in [-0.2, 0) is 11.2 Å². The molecule has 0 saturated heterocycles. The lowest BCUT2D eigenvalue weighted by Crippen LogP contribution is -2.26. The van der Waals surface area contributed by atoms with E-state index in [4.69, 9.17) is 4.74 Å². The van der Waals surface area contributed by atoms with Gasteiger partial charge in [0.15, 0.2) is 0 Å². The minimum atomic E-state index is -0.129. The Morgan fingerprint density at radius 1 is 1.03 bits per heavy atom. The predicted molar refractivity (Wildman–Crippen MR) is 119 cm³/mol. The Bertz CT molecular complexity index is 1150. The molecule has 0 bridgehead atoms. The van der Waals surface area contributed by atoms with Gasteiger partial charge in [0.25, 0.3) is 5.91 Å². The molecule has 1 N–H and O–H groups in total. The highest BCUT2D eigenvalue weighted by Gasteiger charge is 2.13. The standard InChI is InChI=1S/C25H23N3O2/c1-30-23-12-6-5-11-20(23)17-22(19-9-3-2-4-10-19)25(29)26-15-14-21-18-28-16-8-7-13-24(28)27-21/h2-13,16-18H,14-15H2,1H3,(H,26,29)/b22-17+. The molecule has 0 aliphatic rings. The van der Waals surface area contributed by atoms with Gasteiger partial charge in [0.05, 0.1) is 12.8 Å². The molecule has 0 radical (unpaired) electrons. The van der Waals surface area contributed by atoms with Gasteiger partial charge in [-0.1, -0.05) is 54.6 Å². The van der Waals surface area contributed by atoms with E-state index in [0.29, 0.717) is 18.5 Å². The number of nitrogens with one attached hydrogen (secondary N) is 1. The van der Waals surface area contributed by atoms with Crippen LogP contribution in [0.15, 0.2) is 85.2 Å². The molecule has 2 aromatic carbocycles. The highest BCUT2D eigenvalue weighted by Crippen LogP contribution is 2.24. The number of amides is 1. The molecule has 0 fully saturated rings. The predicted octanol–water partition coefficient (Wildman–Crippen LogP) is 4.24. The summed E-state index contributed by atoms with van der Waals surface area (Å²) in [5.74, 6) is 0.597. The second-order valence-electron chi connectivity index (χ2n) is 6.87.